The van der Waals surface area contributed by atoms with E-state index in [2.05, 4.69) is 20.7 Å². The number of rotatable bonds is 5. The fraction of sp³-hybridized carbons (Fsp3) is 0.227. The van der Waals surface area contributed by atoms with Crippen molar-refractivity contribution in [2.75, 3.05) is 24.9 Å². The first kappa shape index (κ1) is 19.5. The van der Waals surface area contributed by atoms with E-state index in [1.54, 1.807) is 18.9 Å². The number of carbonyl (C=O) groups is 1. The maximum Gasteiger partial charge on any atom is 0.255 e. The highest BCUT2D eigenvalue weighted by atomic mass is 16.5. The predicted octanol–water partition coefficient (Wildman–Crippen LogP) is 3.53. The molecule has 0 aliphatic carbocycles. The van der Waals surface area contributed by atoms with Crippen molar-refractivity contribution in [3.63, 3.8) is 0 Å². The Labute approximate surface area is 174 Å². The van der Waals surface area contributed by atoms with Gasteiger partial charge in [-0.3, -0.25) is 4.79 Å². The molecule has 0 saturated carbocycles. The van der Waals surface area contributed by atoms with Gasteiger partial charge >= 0.3 is 0 Å². The lowest BCUT2D eigenvalue weighted by Crippen LogP contribution is -2.31. The summed E-state index contributed by atoms with van der Waals surface area (Å²) in [5, 5.41) is 10.5. The van der Waals surface area contributed by atoms with E-state index in [4.69, 9.17) is 9.47 Å². The van der Waals surface area contributed by atoms with Gasteiger partial charge in [-0.25, -0.2) is 4.68 Å². The van der Waals surface area contributed by atoms with E-state index in [9.17, 15) is 4.79 Å². The number of hydrogen-bond donors (Lipinski definition) is 2. The number of fused-ring (bicyclic) bond motifs is 1. The van der Waals surface area contributed by atoms with Gasteiger partial charge in [0.1, 0.15) is 23.9 Å². The van der Waals surface area contributed by atoms with Crippen LogP contribution in [0.2, 0.25) is 0 Å². The Morgan fingerprint density at radius 3 is 2.63 bits per heavy atom. The number of allylic oxidation sites excluding steroid dienone is 1. The number of nitrogens with zero attached hydrogens (tertiary/aromatic N) is 3. The molecule has 1 aliphatic rings. The van der Waals surface area contributed by atoms with E-state index in [1.807, 2.05) is 56.3 Å². The van der Waals surface area contributed by atoms with E-state index in [0.717, 1.165) is 11.1 Å². The number of aryl methyl sites for hydroxylation is 1. The van der Waals surface area contributed by atoms with Gasteiger partial charge in [-0.15, -0.1) is 0 Å². The zero-order valence-electron chi connectivity index (χ0n) is 17.3. The standard InChI is InChI=1S/C22H23N5O3/c1-13-9-10-18(30-4)16(11-13)26-21(28)19-14(2)25-22-23-12-24-27(22)20(19)15-7-5-6-8-17(15)29-3/h5-12,20H,1-4H3,(H,26,28)(H,23,24,25)/t20-/m1/s1. The molecule has 8 nitrogen and oxygen atoms in total. The lowest BCUT2D eigenvalue weighted by Gasteiger charge is -2.29. The van der Waals surface area contributed by atoms with Crippen LogP contribution in [0.1, 0.15) is 24.1 Å². The average molecular weight is 405 g/mol. The lowest BCUT2D eigenvalue weighted by atomic mass is 9.94. The van der Waals surface area contributed by atoms with Gasteiger partial charge in [-0.1, -0.05) is 24.3 Å². The van der Waals surface area contributed by atoms with Crippen LogP contribution in [-0.4, -0.2) is 34.9 Å². The van der Waals surface area contributed by atoms with Crippen LogP contribution >= 0.6 is 0 Å². The molecule has 1 aromatic heterocycles. The topological polar surface area (TPSA) is 90.3 Å². The number of carbonyl (C=O) groups excluding carboxylic acids is 1. The molecule has 0 bridgehead atoms. The Morgan fingerprint density at radius 2 is 1.87 bits per heavy atom. The van der Waals surface area contributed by atoms with Gasteiger partial charge < -0.3 is 20.1 Å². The summed E-state index contributed by atoms with van der Waals surface area (Å²) in [6.07, 6.45) is 1.46. The second-order valence-corrected chi connectivity index (χ2v) is 6.99. The zero-order chi connectivity index (χ0) is 21.3. The number of amides is 1. The number of anilines is 2. The summed E-state index contributed by atoms with van der Waals surface area (Å²) in [5.74, 6) is 1.55. The number of benzene rings is 2. The van der Waals surface area contributed by atoms with Crippen LogP contribution in [0.15, 0.2) is 60.1 Å². The fourth-order valence-electron chi connectivity index (χ4n) is 3.67. The smallest absolute Gasteiger partial charge is 0.255 e. The zero-order valence-corrected chi connectivity index (χ0v) is 17.3. The Kier molecular flexibility index (Phi) is 5.14. The molecule has 0 spiro atoms. The molecule has 4 rings (SSSR count). The van der Waals surface area contributed by atoms with Crippen LogP contribution < -0.4 is 20.1 Å². The number of aromatic nitrogens is 3. The van der Waals surface area contributed by atoms with Crippen LogP contribution in [0.4, 0.5) is 11.6 Å². The lowest BCUT2D eigenvalue weighted by molar-refractivity contribution is -0.113. The maximum atomic E-state index is 13.5. The number of para-hydroxylation sites is 1. The molecule has 0 radical (unpaired) electrons. The summed E-state index contributed by atoms with van der Waals surface area (Å²) in [6.45, 7) is 3.81. The van der Waals surface area contributed by atoms with Gasteiger partial charge in [0.25, 0.3) is 5.91 Å². The van der Waals surface area contributed by atoms with E-state index < -0.39 is 6.04 Å². The van der Waals surface area contributed by atoms with Crippen LogP contribution in [0.5, 0.6) is 11.5 Å². The minimum Gasteiger partial charge on any atom is -0.496 e. The van der Waals surface area contributed by atoms with Crippen molar-refractivity contribution < 1.29 is 14.3 Å². The Balaban J connectivity index is 1.80. The van der Waals surface area contributed by atoms with Gasteiger partial charge in [0.15, 0.2) is 0 Å². The Hall–Kier alpha value is -3.81. The summed E-state index contributed by atoms with van der Waals surface area (Å²) in [7, 11) is 3.18. The van der Waals surface area contributed by atoms with Crippen LogP contribution in [0, 0.1) is 6.92 Å². The SMILES string of the molecule is COc1ccc(C)cc1NC(=O)C1=C(C)Nc2ncnn2[C@@H]1c1ccccc1OC. The molecular weight excluding hydrogens is 382 g/mol. The first-order valence-corrected chi connectivity index (χ1v) is 9.49. The van der Waals surface area contributed by atoms with Crippen molar-refractivity contribution in [1.29, 1.82) is 0 Å². The van der Waals surface area contributed by atoms with Crippen molar-refractivity contribution in [1.82, 2.24) is 14.8 Å². The molecular formula is C22H23N5O3. The number of nitrogens with one attached hydrogen (secondary N) is 2. The molecule has 2 N–H and O–H groups in total. The van der Waals surface area contributed by atoms with Crippen molar-refractivity contribution in [3.05, 3.63) is 71.2 Å². The van der Waals surface area contributed by atoms with Gasteiger partial charge in [-0.2, -0.15) is 10.1 Å². The van der Waals surface area contributed by atoms with Crippen molar-refractivity contribution in [2.24, 2.45) is 0 Å². The molecule has 8 heteroatoms. The Morgan fingerprint density at radius 1 is 1.10 bits per heavy atom. The summed E-state index contributed by atoms with van der Waals surface area (Å²) in [4.78, 5) is 17.8. The third-order valence-corrected chi connectivity index (χ3v) is 5.08. The normalized spacial score (nSPS) is 15.3. The van der Waals surface area contributed by atoms with Gasteiger partial charge in [0.2, 0.25) is 5.95 Å². The third kappa shape index (κ3) is 3.36. The molecule has 0 unspecified atom stereocenters. The number of ether oxygens (including phenoxy) is 2. The first-order chi connectivity index (χ1) is 14.5. The van der Waals surface area contributed by atoms with Crippen molar-refractivity contribution in [3.8, 4) is 11.5 Å². The molecule has 30 heavy (non-hydrogen) atoms. The molecule has 2 aromatic carbocycles. The molecule has 1 atom stereocenters. The highest BCUT2D eigenvalue weighted by molar-refractivity contribution is 6.06. The monoisotopic (exact) mass is 405 g/mol. The average Bonchev–Trinajstić information content (AvgIpc) is 3.20. The van der Waals surface area contributed by atoms with Crippen molar-refractivity contribution in [2.45, 2.75) is 19.9 Å². The van der Waals surface area contributed by atoms with Crippen LogP contribution in [-0.2, 0) is 4.79 Å². The van der Waals surface area contributed by atoms with E-state index >= 15 is 0 Å². The minimum absolute atomic E-state index is 0.263. The summed E-state index contributed by atoms with van der Waals surface area (Å²) >= 11 is 0. The van der Waals surface area contributed by atoms with E-state index in [-0.39, 0.29) is 5.91 Å². The maximum absolute atomic E-state index is 13.5. The van der Waals surface area contributed by atoms with Crippen LogP contribution in [0.3, 0.4) is 0 Å². The molecule has 3 aromatic rings. The highest BCUT2D eigenvalue weighted by Crippen LogP contribution is 2.39. The van der Waals surface area contributed by atoms with Gasteiger partial charge in [0, 0.05) is 11.3 Å². The quantitative estimate of drug-likeness (QED) is 0.675. The summed E-state index contributed by atoms with van der Waals surface area (Å²) in [6, 6.07) is 12.7. The third-order valence-electron chi connectivity index (χ3n) is 5.08. The van der Waals surface area contributed by atoms with Gasteiger partial charge in [0.05, 0.1) is 25.5 Å². The summed E-state index contributed by atoms with van der Waals surface area (Å²) < 4.78 is 12.7. The largest absolute Gasteiger partial charge is 0.496 e. The van der Waals surface area contributed by atoms with E-state index in [1.165, 1.54) is 6.33 Å². The van der Waals surface area contributed by atoms with Crippen molar-refractivity contribution >= 4 is 17.5 Å². The summed E-state index contributed by atoms with van der Waals surface area (Å²) in [5.41, 5.74) is 3.63. The van der Waals surface area contributed by atoms with Gasteiger partial charge in [-0.05, 0) is 37.6 Å². The Bertz CT molecular complexity index is 1140. The predicted molar refractivity (Wildman–Crippen MR) is 114 cm³/mol. The molecule has 2 heterocycles. The van der Waals surface area contributed by atoms with Crippen LogP contribution in [0.25, 0.3) is 0 Å². The fourth-order valence-corrected chi connectivity index (χ4v) is 3.67. The second kappa shape index (κ2) is 7.90. The molecule has 154 valence electrons. The molecule has 0 saturated heterocycles. The molecule has 1 aliphatic heterocycles. The second-order valence-electron chi connectivity index (χ2n) is 6.99. The highest BCUT2D eigenvalue weighted by Gasteiger charge is 2.35. The molecule has 1 amide bonds. The van der Waals surface area contributed by atoms with E-state index in [0.29, 0.717) is 34.4 Å². The number of methoxy groups -OCH3 is 2. The minimum atomic E-state index is -0.504. The molecule has 0 fully saturated rings. The number of hydrogen-bond acceptors (Lipinski definition) is 6. The first-order valence-electron chi connectivity index (χ1n) is 9.49.